The van der Waals surface area contributed by atoms with Gasteiger partial charge < -0.3 is 26.3 Å². The number of hydrogen-bond donors (Lipinski definition) is 4. The van der Waals surface area contributed by atoms with Crippen molar-refractivity contribution in [2.45, 2.75) is 33.4 Å². The predicted molar refractivity (Wildman–Crippen MR) is 158 cm³/mol. The maximum atomic E-state index is 13.7. The average Bonchev–Trinajstić information content (AvgIpc) is 3.37. The van der Waals surface area contributed by atoms with Crippen LogP contribution in [0.15, 0.2) is 30.3 Å². The highest BCUT2D eigenvalue weighted by Crippen LogP contribution is 2.28. The van der Waals surface area contributed by atoms with Gasteiger partial charge in [0, 0.05) is 62.8 Å². The van der Waals surface area contributed by atoms with E-state index in [1.165, 1.54) is 23.5 Å². The number of nitrogens with one attached hydrogen (secondary N) is 4. The number of benzene rings is 2. The van der Waals surface area contributed by atoms with Gasteiger partial charge in [-0.2, -0.15) is 0 Å². The van der Waals surface area contributed by atoms with E-state index in [1.807, 2.05) is 6.92 Å². The molecule has 1 aliphatic heterocycles. The third kappa shape index (κ3) is 9.91. The number of rotatable bonds is 14. The first kappa shape index (κ1) is 33.9. The molecule has 0 aromatic heterocycles. The molecule has 2 aromatic rings. The van der Waals surface area contributed by atoms with Gasteiger partial charge in [-0.05, 0) is 54.4 Å². The van der Waals surface area contributed by atoms with Gasteiger partial charge in [-0.15, -0.1) is 11.6 Å². The van der Waals surface area contributed by atoms with Crippen molar-refractivity contribution in [2.24, 2.45) is 0 Å². The zero-order valence-corrected chi connectivity index (χ0v) is 24.6. The van der Waals surface area contributed by atoms with Crippen LogP contribution in [-0.2, 0) is 22.7 Å². The molecule has 0 atom stereocenters. The van der Waals surface area contributed by atoms with E-state index >= 15 is 0 Å². The van der Waals surface area contributed by atoms with Crippen molar-refractivity contribution in [3.8, 4) is 0 Å². The Morgan fingerprint density at radius 1 is 1.12 bits per heavy atom. The first-order valence-electron chi connectivity index (χ1n) is 13.2. The second-order valence-electron chi connectivity index (χ2n) is 9.35. The second kappa shape index (κ2) is 16.8. The summed E-state index contributed by atoms with van der Waals surface area (Å²) in [6.45, 7) is 5.48. The van der Waals surface area contributed by atoms with Crippen LogP contribution in [-0.4, -0.2) is 87.2 Å². The number of halogens is 4. The molecule has 226 valence electrons. The topological polar surface area (TPSA) is 104 Å². The van der Waals surface area contributed by atoms with E-state index in [0.29, 0.717) is 48.7 Å². The van der Waals surface area contributed by atoms with Crippen LogP contribution in [0.4, 0.5) is 24.5 Å². The van der Waals surface area contributed by atoms with E-state index in [-0.39, 0.29) is 30.7 Å². The van der Waals surface area contributed by atoms with E-state index in [0.717, 1.165) is 23.9 Å². The SMILES string of the molecule is CCNCCNC(=O)CN(CC(=O)N(C)N1Cc2ccc(F)cc2C1)c1cc(C=N)c(NCC(F)F)cc1C.CCl. The molecular weight excluding hydrogens is 559 g/mol. The summed E-state index contributed by atoms with van der Waals surface area (Å²) in [6.07, 6.45) is -0.0488. The van der Waals surface area contributed by atoms with Gasteiger partial charge >= 0.3 is 0 Å². The van der Waals surface area contributed by atoms with Crippen LogP contribution < -0.4 is 20.9 Å². The van der Waals surface area contributed by atoms with Gasteiger partial charge in [-0.3, -0.25) is 14.6 Å². The van der Waals surface area contributed by atoms with E-state index in [4.69, 9.17) is 5.41 Å². The highest BCUT2D eigenvalue weighted by atomic mass is 35.5. The number of anilines is 2. The molecule has 1 heterocycles. The summed E-state index contributed by atoms with van der Waals surface area (Å²) >= 11 is 4.64. The lowest BCUT2D eigenvalue weighted by atomic mass is 10.1. The van der Waals surface area contributed by atoms with Gasteiger partial charge in [0.25, 0.3) is 12.3 Å². The number of alkyl halides is 3. The monoisotopic (exact) mass is 597 g/mol. The van der Waals surface area contributed by atoms with Crippen LogP contribution in [0.1, 0.15) is 29.2 Å². The van der Waals surface area contributed by atoms with Crippen LogP contribution in [0.3, 0.4) is 0 Å². The number of fused-ring (bicyclic) bond motifs is 1. The van der Waals surface area contributed by atoms with E-state index in [9.17, 15) is 22.8 Å². The van der Waals surface area contributed by atoms with Crippen molar-refractivity contribution in [1.82, 2.24) is 20.7 Å². The molecule has 0 aliphatic carbocycles. The van der Waals surface area contributed by atoms with Gasteiger partial charge in [0.15, 0.2) is 0 Å². The number of likely N-dealkylation sites (N-methyl/N-ethyl adjacent to an activating group) is 2. The summed E-state index contributed by atoms with van der Waals surface area (Å²) < 4.78 is 39.2. The minimum atomic E-state index is -2.56. The molecule has 41 heavy (non-hydrogen) atoms. The van der Waals surface area contributed by atoms with E-state index < -0.39 is 13.0 Å². The van der Waals surface area contributed by atoms with Crippen LogP contribution in [0, 0.1) is 18.2 Å². The van der Waals surface area contributed by atoms with Crippen molar-refractivity contribution in [1.29, 1.82) is 5.41 Å². The molecule has 4 N–H and O–H groups in total. The molecule has 0 spiro atoms. The van der Waals surface area contributed by atoms with Crippen molar-refractivity contribution < 1.29 is 22.8 Å². The van der Waals surface area contributed by atoms with Crippen LogP contribution >= 0.6 is 11.6 Å². The highest BCUT2D eigenvalue weighted by Gasteiger charge is 2.27. The summed E-state index contributed by atoms with van der Waals surface area (Å²) in [5, 5.41) is 19.7. The summed E-state index contributed by atoms with van der Waals surface area (Å²) in [6, 6.07) is 7.81. The van der Waals surface area contributed by atoms with Crippen molar-refractivity contribution >= 4 is 41.0 Å². The Labute approximate surface area is 244 Å². The normalized spacial score (nSPS) is 12.3. The summed E-state index contributed by atoms with van der Waals surface area (Å²) in [4.78, 5) is 27.8. The average molecular weight is 598 g/mol. The van der Waals surface area contributed by atoms with Gasteiger partial charge in [0.05, 0.1) is 19.6 Å². The molecule has 13 heteroatoms. The predicted octanol–water partition coefficient (Wildman–Crippen LogP) is 3.59. The van der Waals surface area contributed by atoms with Crippen molar-refractivity contribution in [2.75, 3.05) is 62.9 Å². The van der Waals surface area contributed by atoms with Gasteiger partial charge in [0.1, 0.15) is 5.82 Å². The first-order valence-corrected chi connectivity index (χ1v) is 13.9. The zero-order valence-electron chi connectivity index (χ0n) is 23.9. The largest absolute Gasteiger partial charge is 0.379 e. The van der Waals surface area contributed by atoms with Gasteiger partial charge in [-0.25, -0.2) is 18.2 Å². The van der Waals surface area contributed by atoms with Gasteiger partial charge in [-0.1, -0.05) is 13.0 Å². The molecule has 0 saturated carbocycles. The molecule has 1 aliphatic rings. The van der Waals surface area contributed by atoms with Crippen molar-refractivity contribution in [3.05, 3.63) is 58.4 Å². The third-order valence-electron chi connectivity index (χ3n) is 6.50. The van der Waals surface area contributed by atoms with Gasteiger partial charge in [0.2, 0.25) is 5.91 Å². The molecule has 0 radical (unpaired) electrons. The fourth-order valence-electron chi connectivity index (χ4n) is 4.42. The Kier molecular flexibility index (Phi) is 13.9. The Bertz CT molecular complexity index is 1190. The number of carbonyl (C=O) groups excluding carboxylic acids is 2. The Balaban J connectivity index is 0.00000287. The number of hydrogen-bond acceptors (Lipinski definition) is 7. The Hall–Kier alpha value is -3.35. The van der Waals surface area contributed by atoms with E-state index in [1.54, 1.807) is 42.1 Å². The molecule has 2 amide bonds. The molecule has 2 aromatic carbocycles. The standard InChI is InChI=1S/C27H36F3N7O2.CH3Cl/c1-4-32-7-8-33-26(38)16-36(24-11-20(12-31)23(9-18(24)2)34-13-25(29)30)17-27(39)35(3)37-14-19-5-6-22(28)10-21(19)15-37;1-2/h5-6,9-12,25,31-32,34H,4,7-8,13-17H2,1-3H3,(H,33,38);1H3. The maximum Gasteiger partial charge on any atom is 0.256 e. The molecule has 0 fully saturated rings. The highest BCUT2D eigenvalue weighted by molar-refractivity contribution is 6.15. The van der Waals surface area contributed by atoms with Crippen LogP contribution in [0.25, 0.3) is 0 Å². The molecule has 3 rings (SSSR count). The minimum absolute atomic E-state index is 0.126. The van der Waals surface area contributed by atoms with E-state index in [2.05, 4.69) is 27.6 Å². The number of hydrazine groups is 1. The number of amides is 2. The number of aryl methyl sites for hydroxylation is 1. The molecule has 9 nitrogen and oxygen atoms in total. The summed E-state index contributed by atoms with van der Waals surface area (Å²) in [5.74, 6) is -0.914. The smallest absolute Gasteiger partial charge is 0.256 e. The zero-order chi connectivity index (χ0) is 30.5. The molecular formula is C28H39ClF3N7O2. The van der Waals surface area contributed by atoms with Crippen LogP contribution in [0.2, 0.25) is 0 Å². The Morgan fingerprint density at radius 3 is 2.49 bits per heavy atom. The molecule has 0 unspecified atom stereocenters. The Morgan fingerprint density at radius 2 is 1.83 bits per heavy atom. The number of carbonyl (C=O) groups is 2. The molecule has 0 saturated heterocycles. The maximum absolute atomic E-state index is 13.7. The number of nitrogens with zero attached hydrogens (tertiary/aromatic N) is 3. The third-order valence-corrected chi connectivity index (χ3v) is 6.50. The minimum Gasteiger partial charge on any atom is -0.379 e. The summed E-state index contributed by atoms with van der Waals surface area (Å²) in [7, 11) is 1.63. The summed E-state index contributed by atoms with van der Waals surface area (Å²) in [5.41, 5.74) is 3.65. The first-order chi connectivity index (χ1) is 19.6. The molecule has 0 bridgehead atoms. The lowest BCUT2D eigenvalue weighted by molar-refractivity contribution is -0.145. The fraction of sp³-hybridized carbons (Fsp3) is 0.464. The lowest BCUT2D eigenvalue weighted by Gasteiger charge is -2.32. The lowest BCUT2D eigenvalue weighted by Crippen LogP contribution is -2.48. The fourth-order valence-corrected chi connectivity index (χ4v) is 4.42. The quantitative estimate of drug-likeness (QED) is 0.151. The second-order valence-corrected chi connectivity index (χ2v) is 9.35. The van der Waals surface area contributed by atoms with Crippen molar-refractivity contribution in [3.63, 3.8) is 0 Å². The van der Waals surface area contributed by atoms with Crippen LogP contribution in [0.5, 0.6) is 0 Å².